The van der Waals surface area contributed by atoms with Crippen molar-refractivity contribution in [3.8, 4) is 22.9 Å². The lowest BCUT2D eigenvalue weighted by Crippen LogP contribution is -2.19. The van der Waals surface area contributed by atoms with Crippen molar-refractivity contribution < 1.29 is 9.53 Å². The Bertz CT molecular complexity index is 1240. The Labute approximate surface area is 192 Å². The predicted molar refractivity (Wildman–Crippen MR) is 130 cm³/mol. The van der Waals surface area contributed by atoms with Gasteiger partial charge in [0.2, 0.25) is 5.88 Å². The number of nitrogens with one attached hydrogen (secondary N) is 2. The SMILES string of the molecule is CCc1cccc(NC(=O)Nc2ccc(Oc3ncccc3-c3ccnc(CC)n3)cc2)c1. The van der Waals surface area contributed by atoms with Gasteiger partial charge in [0.05, 0.1) is 11.3 Å². The Kier molecular flexibility index (Phi) is 6.90. The maximum atomic E-state index is 12.3. The Hall–Kier alpha value is -4.26. The molecule has 0 unspecified atom stereocenters. The fourth-order valence-electron chi connectivity index (χ4n) is 3.27. The summed E-state index contributed by atoms with van der Waals surface area (Å²) in [5.74, 6) is 1.81. The number of benzene rings is 2. The average molecular weight is 440 g/mol. The third-order valence-corrected chi connectivity index (χ3v) is 4.99. The van der Waals surface area contributed by atoms with E-state index in [0.29, 0.717) is 17.3 Å². The minimum atomic E-state index is -0.306. The first kappa shape index (κ1) is 22.0. The number of ether oxygens (including phenoxy) is 1. The van der Waals surface area contributed by atoms with E-state index in [2.05, 4.69) is 32.5 Å². The van der Waals surface area contributed by atoms with E-state index in [0.717, 1.165) is 41.2 Å². The van der Waals surface area contributed by atoms with Gasteiger partial charge in [-0.1, -0.05) is 26.0 Å². The van der Waals surface area contributed by atoms with Crippen LogP contribution in [0.15, 0.2) is 79.1 Å². The minimum absolute atomic E-state index is 0.306. The number of urea groups is 1. The molecule has 0 aliphatic rings. The summed E-state index contributed by atoms with van der Waals surface area (Å²) >= 11 is 0. The Morgan fingerprint density at radius 1 is 0.848 bits per heavy atom. The van der Waals surface area contributed by atoms with Gasteiger partial charge in [0.15, 0.2) is 0 Å². The molecule has 2 N–H and O–H groups in total. The van der Waals surface area contributed by atoms with Crippen molar-refractivity contribution in [3.63, 3.8) is 0 Å². The van der Waals surface area contributed by atoms with Crippen molar-refractivity contribution in [2.24, 2.45) is 0 Å². The molecule has 7 nitrogen and oxygen atoms in total. The van der Waals surface area contributed by atoms with Gasteiger partial charge in [-0.3, -0.25) is 0 Å². The van der Waals surface area contributed by atoms with Gasteiger partial charge < -0.3 is 15.4 Å². The van der Waals surface area contributed by atoms with Crippen LogP contribution < -0.4 is 15.4 Å². The van der Waals surface area contributed by atoms with Crippen molar-refractivity contribution in [1.82, 2.24) is 15.0 Å². The van der Waals surface area contributed by atoms with Gasteiger partial charge in [-0.05, 0) is 66.6 Å². The first-order valence-corrected chi connectivity index (χ1v) is 10.9. The van der Waals surface area contributed by atoms with E-state index in [4.69, 9.17) is 4.74 Å². The average Bonchev–Trinajstić information content (AvgIpc) is 2.85. The number of hydrogen-bond acceptors (Lipinski definition) is 5. The van der Waals surface area contributed by atoms with Crippen LogP contribution in [0.4, 0.5) is 16.2 Å². The summed E-state index contributed by atoms with van der Waals surface area (Å²) in [5, 5.41) is 5.68. The van der Waals surface area contributed by atoms with Gasteiger partial charge >= 0.3 is 6.03 Å². The third-order valence-electron chi connectivity index (χ3n) is 4.99. The van der Waals surface area contributed by atoms with Crippen molar-refractivity contribution in [2.75, 3.05) is 10.6 Å². The molecule has 2 heterocycles. The molecule has 0 saturated carbocycles. The van der Waals surface area contributed by atoms with Crippen LogP contribution in [-0.2, 0) is 12.8 Å². The largest absolute Gasteiger partial charge is 0.438 e. The van der Waals surface area contributed by atoms with Crippen LogP contribution in [-0.4, -0.2) is 21.0 Å². The molecule has 166 valence electrons. The van der Waals surface area contributed by atoms with Crippen molar-refractivity contribution in [1.29, 1.82) is 0 Å². The maximum absolute atomic E-state index is 12.3. The highest BCUT2D eigenvalue weighted by atomic mass is 16.5. The van der Waals surface area contributed by atoms with Gasteiger partial charge in [0.1, 0.15) is 11.6 Å². The number of carbonyl (C=O) groups is 1. The summed E-state index contributed by atoms with van der Waals surface area (Å²) in [4.78, 5) is 25.5. The van der Waals surface area contributed by atoms with Crippen LogP contribution in [0.5, 0.6) is 11.6 Å². The molecule has 0 saturated heterocycles. The summed E-state index contributed by atoms with van der Waals surface area (Å²) in [5.41, 5.74) is 4.11. The quantitative estimate of drug-likeness (QED) is 0.363. The number of nitrogens with zero attached hydrogens (tertiary/aromatic N) is 3. The molecule has 0 spiro atoms. The van der Waals surface area contributed by atoms with Gasteiger partial charge in [-0.25, -0.2) is 19.7 Å². The van der Waals surface area contributed by atoms with Crippen LogP contribution in [0.2, 0.25) is 0 Å². The number of anilines is 2. The van der Waals surface area contributed by atoms with Crippen LogP contribution in [0, 0.1) is 0 Å². The van der Waals surface area contributed by atoms with Gasteiger partial charge in [0.25, 0.3) is 0 Å². The minimum Gasteiger partial charge on any atom is -0.438 e. The maximum Gasteiger partial charge on any atom is 0.323 e. The van der Waals surface area contributed by atoms with E-state index in [1.165, 1.54) is 0 Å². The number of pyridine rings is 1. The van der Waals surface area contributed by atoms with Crippen LogP contribution in [0.1, 0.15) is 25.2 Å². The fourth-order valence-corrected chi connectivity index (χ4v) is 3.27. The first-order valence-electron chi connectivity index (χ1n) is 10.9. The Balaban J connectivity index is 1.43. The molecular weight excluding hydrogens is 414 g/mol. The van der Waals surface area contributed by atoms with Gasteiger partial charge in [-0.15, -0.1) is 0 Å². The highest BCUT2D eigenvalue weighted by molar-refractivity contribution is 5.99. The lowest BCUT2D eigenvalue weighted by atomic mass is 10.1. The molecule has 0 atom stereocenters. The molecule has 0 aliphatic heterocycles. The van der Waals surface area contributed by atoms with E-state index < -0.39 is 0 Å². The summed E-state index contributed by atoms with van der Waals surface area (Å²) in [6.07, 6.45) is 5.07. The molecule has 0 fully saturated rings. The Morgan fingerprint density at radius 2 is 1.67 bits per heavy atom. The van der Waals surface area contributed by atoms with Crippen molar-refractivity contribution >= 4 is 17.4 Å². The molecule has 0 radical (unpaired) electrons. The summed E-state index contributed by atoms with van der Waals surface area (Å²) in [6.45, 7) is 4.09. The zero-order valence-electron chi connectivity index (χ0n) is 18.6. The van der Waals surface area contributed by atoms with Crippen molar-refractivity contribution in [3.05, 3.63) is 90.5 Å². The number of aromatic nitrogens is 3. The molecular formula is C26H25N5O2. The topological polar surface area (TPSA) is 89.0 Å². The highest BCUT2D eigenvalue weighted by Crippen LogP contribution is 2.30. The second-order valence-electron chi connectivity index (χ2n) is 7.33. The van der Waals surface area contributed by atoms with E-state index >= 15 is 0 Å². The summed E-state index contributed by atoms with van der Waals surface area (Å²) in [7, 11) is 0. The van der Waals surface area contributed by atoms with Crippen molar-refractivity contribution in [2.45, 2.75) is 26.7 Å². The van der Waals surface area contributed by atoms with E-state index in [9.17, 15) is 4.79 Å². The predicted octanol–water partition coefficient (Wildman–Crippen LogP) is 6.10. The monoisotopic (exact) mass is 439 g/mol. The van der Waals surface area contributed by atoms with Gasteiger partial charge in [-0.2, -0.15) is 0 Å². The lowest BCUT2D eigenvalue weighted by Gasteiger charge is -2.11. The molecule has 2 aromatic heterocycles. The molecule has 7 heteroatoms. The lowest BCUT2D eigenvalue weighted by molar-refractivity contribution is 0.262. The molecule has 0 bridgehead atoms. The molecule has 2 amide bonds. The summed E-state index contributed by atoms with van der Waals surface area (Å²) < 4.78 is 6.02. The second-order valence-corrected chi connectivity index (χ2v) is 7.33. The second kappa shape index (κ2) is 10.4. The first-order chi connectivity index (χ1) is 16.1. The number of carbonyl (C=O) groups excluding carboxylic acids is 1. The van der Waals surface area contributed by atoms with Gasteiger partial charge in [0, 0.05) is 30.2 Å². The van der Waals surface area contributed by atoms with E-state index in [1.807, 2.05) is 49.4 Å². The third kappa shape index (κ3) is 5.71. The fraction of sp³-hybridized carbons (Fsp3) is 0.154. The van der Waals surface area contributed by atoms with Crippen LogP contribution in [0.3, 0.4) is 0 Å². The normalized spacial score (nSPS) is 10.5. The molecule has 4 aromatic rings. The zero-order chi connectivity index (χ0) is 23.0. The molecule has 33 heavy (non-hydrogen) atoms. The number of hydrogen-bond donors (Lipinski definition) is 2. The Morgan fingerprint density at radius 3 is 2.45 bits per heavy atom. The number of amides is 2. The summed E-state index contributed by atoms with van der Waals surface area (Å²) in [6, 6.07) is 20.2. The van der Waals surface area contributed by atoms with Crippen LogP contribution in [0.25, 0.3) is 11.3 Å². The smallest absolute Gasteiger partial charge is 0.323 e. The van der Waals surface area contributed by atoms with Crippen LogP contribution >= 0.6 is 0 Å². The van der Waals surface area contributed by atoms with E-state index in [1.54, 1.807) is 36.7 Å². The number of aryl methyl sites for hydroxylation is 2. The molecule has 4 rings (SSSR count). The standard InChI is InChI=1S/C26H25N5O2/c1-3-18-7-5-8-20(17-18)30-26(32)29-19-10-12-21(13-11-19)33-25-22(9-6-15-28-25)23-14-16-27-24(4-2)31-23/h5-17H,3-4H2,1-2H3,(H2,29,30,32). The highest BCUT2D eigenvalue weighted by Gasteiger charge is 2.11. The van der Waals surface area contributed by atoms with E-state index in [-0.39, 0.29) is 6.03 Å². The number of rotatable bonds is 7. The zero-order valence-corrected chi connectivity index (χ0v) is 18.6. The molecule has 0 aliphatic carbocycles. The molecule has 2 aromatic carbocycles.